The van der Waals surface area contributed by atoms with Crippen LogP contribution in [0.4, 0.5) is 0 Å². The van der Waals surface area contributed by atoms with Gasteiger partial charge in [-0.05, 0) is 19.4 Å². The summed E-state index contributed by atoms with van der Waals surface area (Å²) in [7, 11) is 1.78. The van der Waals surface area contributed by atoms with Crippen LogP contribution >= 0.6 is 0 Å². The fourth-order valence-electron chi connectivity index (χ4n) is 2.73. The molecule has 104 valence electrons. The van der Waals surface area contributed by atoms with E-state index in [0.29, 0.717) is 18.4 Å². The molecule has 18 heavy (non-hydrogen) atoms. The number of nitrogens with zero attached hydrogens (tertiary/aromatic N) is 2. The van der Waals surface area contributed by atoms with Gasteiger partial charge in [-0.3, -0.25) is 4.79 Å². The number of carbonyl (C=O) groups is 1. The summed E-state index contributed by atoms with van der Waals surface area (Å²) in [5.74, 6) is 0.302. The lowest BCUT2D eigenvalue weighted by Crippen LogP contribution is -2.47. The molecule has 0 aromatic carbocycles. The summed E-state index contributed by atoms with van der Waals surface area (Å²) in [4.78, 5) is 16.4. The molecular formula is C13H25N3O2. The summed E-state index contributed by atoms with van der Waals surface area (Å²) in [5, 5.41) is 3.27. The molecule has 5 heteroatoms. The Balaban J connectivity index is 1.68. The second kappa shape index (κ2) is 7.07. The van der Waals surface area contributed by atoms with Crippen LogP contribution in [0.5, 0.6) is 0 Å². The fraction of sp³-hybridized carbons (Fsp3) is 0.923. The molecule has 2 rings (SSSR count). The van der Waals surface area contributed by atoms with Gasteiger partial charge in [-0.25, -0.2) is 0 Å². The van der Waals surface area contributed by atoms with Crippen molar-refractivity contribution >= 4 is 5.91 Å². The van der Waals surface area contributed by atoms with Crippen LogP contribution in [0.3, 0.4) is 0 Å². The molecule has 1 unspecified atom stereocenters. The number of piperidine rings is 1. The van der Waals surface area contributed by atoms with Crippen LogP contribution < -0.4 is 5.32 Å². The predicted molar refractivity (Wildman–Crippen MR) is 70.5 cm³/mol. The minimum absolute atomic E-state index is 0.302. The minimum atomic E-state index is 0.302. The van der Waals surface area contributed by atoms with E-state index in [4.69, 9.17) is 4.74 Å². The number of rotatable bonds is 4. The number of methoxy groups -OCH3 is 1. The van der Waals surface area contributed by atoms with E-state index in [0.717, 1.165) is 52.2 Å². The van der Waals surface area contributed by atoms with E-state index in [1.807, 2.05) is 4.90 Å². The zero-order valence-corrected chi connectivity index (χ0v) is 11.4. The van der Waals surface area contributed by atoms with E-state index in [1.165, 1.54) is 6.42 Å². The first-order valence-corrected chi connectivity index (χ1v) is 7.03. The van der Waals surface area contributed by atoms with Crippen LogP contribution in [-0.4, -0.2) is 74.7 Å². The number of amides is 1. The number of piperazine rings is 1. The van der Waals surface area contributed by atoms with Crippen molar-refractivity contribution in [2.45, 2.75) is 25.4 Å². The Labute approximate surface area is 109 Å². The maximum Gasteiger partial charge on any atom is 0.223 e. The van der Waals surface area contributed by atoms with E-state index < -0.39 is 0 Å². The molecule has 5 nitrogen and oxygen atoms in total. The Hall–Kier alpha value is -0.650. The second-order valence-corrected chi connectivity index (χ2v) is 5.18. The molecule has 0 radical (unpaired) electrons. The molecule has 1 amide bonds. The number of likely N-dealkylation sites (tertiary alicyclic amines) is 1. The Kier molecular flexibility index (Phi) is 5.41. The Bertz CT molecular complexity index is 267. The van der Waals surface area contributed by atoms with Crippen LogP contribution in [0, 0.1) is 0 Å². The first kappa shape index (κ1) is 13.8. The minimum Gasteiger partial charge on any atom is -0.380 e. The standard InChI is InChI=1S/C13H25N3O2/c1-18-12-3-2-7-15(11-12)8-4-13(17)16-9-5-14-6-10-16/h12,14H,2-11H2,1H3. The van der Waals surface area contributed by atoms with Crippen LogP contribution in [0.2, 0.25) is 0 Å². The molecule has 2 saturated heterocycles. The Morgan fingerprint density at radius 2 is 2.11 bits per heavy atom. The molecule has 2 fully saturated rings. The van der Waals surface area contributed by atoms with Crippen molar-refractivity contribution in [3.05, 3.63) is 0 Å². The van der Waals surface area contributed by atoms with E-state index >= 15 is 0 Å². The normalized spacial score (nSPS) is 26.3. The van der Waals surface area contributed by atoms with Gasteiger partial charge in [0.25, 0.3) is 0 Å². The van der Waals surface area contributed by atoms with Crippen molar-refractivity contribution in [2.24, 2.45) is 0 Å². The van der Waals surface area contributed by atoms with Crippen molar-refractivity contribution < 1.29 is 9.53 Å². The van der Waals surface area contributed by atoms with Crippen molar-refractivity contribution in [2.75, 3.05) is 52.9 Å². The van der Waals surface area contributed by atoms with Crippen LogP contribution in [0.1, 0.15) is 19.3 Å². The highest BCUT2D eigenvalue weighted by Crippen LogP contribution is 2.13. The number of nitrogens with one attached hydrogen (secondary N) is 1. The third-order valence-corrected chi connectivity index (χ3v) is 3.91. The maximum absolute atomic E-state index is 12.0. The van der Waals surface area contributed by atoms with Gasteiger partial charge in [0, 0.05) is 52.8 Å². The predicted octanol–water partition coefficient (Wildman–Crippen LogP) is -0.0809. The topological polar surface area (TPSA) is 44.8 Å². The van der Waals surface area contributed by atoms with Crippen molar-refractivity contribution in [1.82, 2.24) is 15.1 Å². The first-order valence-electron chi connectivity index (χ1n) is 7.03. The number of hydrogen-bond acceptors (Lipinski definition) is 4. The highest BCUT2D eigenvalue weighted by atomic mass is 16.5. The molecule has 2 aliphatic heterocycles. The Morgan fingerprint density at radius 3 is 2.83 bits per heavy atom. The molecule has 0 saturated carbocycles. The monoisotopic (exact) mass is 255 g/mol. The van der Waals surface area contributed by atoms with Gasteiger partial charge in [0.1, 0.15) is 0 Å². The largest absolute Gasteiger partial charge is 0.380 e. The van der Waals surface area contributed by atoms with Gasteiger partial charge in [0.15, 0.2) is 0 Å². The van der Waals surface area contributed by atoms with Crippen molar-refractivity contribution in [1.29, 1.82) is 0 Å². The lowest BCUT2D eigenvalue weighted by molar-refractivity contribution is -0.132. The van der Waals surface area contributed by atoms with Gasteiger partial charge in [-0.15, -0.1) is 0 Å². The van der Waals surface area contributed by atoms with Gasteiger partial charge in [0.05, 0.1) is 6.10 Å². The van der Waals surface area contributed by atoms with Gasteiger partial charge in [-0.2, -0.15) is 0 Å². The Morgan fingerprint density at radius 1 is 1.33 bits per heavy atom. The third kappa shape index (κ3) is 3.93. The molecular weight excluding hydrogens is 230 g/mol. The summed E-state index contributed by atoms with van der Waals surface area (Å²) < 4.78 is 5.40. The average Bonchev–Trinajstić information content (AvgIpc) is 2.46. The summed E-state index contributed by atoms with van der Waals surface area (Å²) in [6, 6.07) is 0. The first-order chi connectivity index (χ1) is 8.79. The van der Waals surface area contributed by atoms with Gasteiger partial charge >= 0.3 is 0 Å². The van der Waals surface area contributed by atoms with Gasteiger partial charge in [-0.1, -0.05) is 0 Å². The van der Waals surface area contributed by atoms with Crippen LogP contribution in [0.15, 0.2) is 0 Å². The maximum atomic E-state index is 12.0. The molecule has 2 aliphatic rings. The number of hydrogen-bond donors (Lipinski definition) is 1. The highest BCUT2D eigenvalue weighted by molar-refractivity contribution is 5.76. The zero-order valence-electron chi connectivity index (χ0n) is 11.4. The zero-order chi connectivity index (χ0) is 12.8. The van der Waals surface area contributed by atoms with Crippen LogP contribution in [0.25, 0.3) is 0 Å². The lowest BCUT2D eigenvalue weighted by atomic mass is 10.1. The van der Waals surface area contributed by atoms with Crippen LogP contribution in [-0.2, 0) is 9.53 Å². The summed E-state index contributed by atoms with van der Waals surface area (Å²) in [6.07, 6.45) is 3.34. The quantitative estimate of drug-likeness (QED) is 0.763. The summed E-state index contributed by atoms with van der Waals surface area (Å²) in [6.45, 7) is 6.55. The highest BCUT2D eigenvalue weighted by Gasteiger charge is 2.21. The molecule has 1 N–H and O–H groups in total. The lowest BCUT2D eigenvalue weighted by Gasteiger charge is -2.33. The smallest absolute Gasteiger partial charge is 0.223 e. The average molecular weight is 255 g/mol. The number of ether oxygens (including phenoxy) is 1. The van der Waals surface area contributed by atoms with E-state index in [-0.39, 0.29) is 0 Å². The summed E-state index contributed by atoms with van der Waals surface area (Å²) >= 11 is 0. The van der Waals surface area contributed by atoms with Gasteiger partial charge < -0.3 is 19.9 Å². The van der Waals surface area contributed by atoms with E-state index in [9.17, 15) is 4.79 Å². The molecule has 0 aromatic heterocycles. The fourth-order valence-corrected chi connectivity index (χ4v) is 2.73. The second-order valence-electron chi connectivity index (χ2n) is 5.18. The van der Waals surface area contributed by atoms with E-state index in [2.05, 4.69) is 10.2 Å². The van der Waals surface area contributed by atoms with E-state index in [1.54, 1.807) is 7.11 Å². The van der Waals surface area contributed by atoms with Gasteiger partial charge in [0.2, 0.25) is 5.91 Å². The molecule has 0 aliphatic carbocycles. The molecule has 0 spiro atoms. The summed E-state index contributed by atoms with van der Waals surface area (Å²) in [5.41, 5.74) is 0. The third-order valence-electron chi connectivity index (χ3n) is 3.91. The molecule has 2 heterocycles. The molecule has 0 aromatic rings. The SMILES string of the molecule is COC1CCCN(CCC(=O)N2CCNCC2)C1. The molecule has 1 atom stereocenters. The molecule has 0 bridgehead atoms. The van der Waals surface area contributed by atoms with Crippen molar-refractivity contribution in [3.8, 4) is 0 Å². The number of carbonyl (C=O) groups excluding carboxylic acids is 1. The van der Waals surface area contributed by atoms with Crippen molar-refractivity contribution in [3.63, 3.8) is 0 Å².